The van der Waals surface area contributed by atoms with E-state index in [2.05, 4.69) is 11.9 Å². The molecule has 23 heavy (non-hydrogen) atoms. The summed E-state index contributed by atoms with van der Waals surface area (Å²) >= 11 is 1.54. The molecule has 2 amide bonds. The van der Waals surface area contributed by atoms with E-state index in [1.807, 2.05) is 26.6 Å². The highest BCUT2D eigenvalue weighted by molar-refractivity contribution is 7.08. The van der Waals surface area contributed by atoms with Crippen molar-refractivity contribution in [2.75, 3.05) is 46.3 Å². The molecule has 3 saturated heterocycles. The molecule has 6 heteroatoms. The molecule has 0 aromatic carbocycles. The first-order valence-corrected chi connectivity index (χ1v) is 9.34. The van der Waals surface area contributed by atoms with E-state index in [9.17, 15) is 9.59 Å². The van der Waals surface area contributed by atoms with Crippen LogP contribution in [0.25, 0.3) is 0 Å². The molecule has 124 valence electrons. The Bertz CT molecular complexity index is 611. The molecule has 3 aliphatic rings. The molecule has 4 heterocycles. The molecular weight excluding hydrogens is 310 g/mol. The van der Waals surface area contributed by atoms with Crippen LogP contribution in [0.1, 0.15) is 23.2 Å². The smallest absolute Gasteiger partial charge is 0.254 e. The first-order valence-electron chi connectivity index (χ1n) is 8.39. The Morgan fingerprint density at radius 2 is 1.96 bits per heavy atom. The van der Waals surface area contributed by atoms with Gasteiger partial charge >= 0.3 is 0 Å². The number of likely N-dealkylation sites (tertiary alicyclic amines) is 3. The number of rotatable bonds is 2. The lowest BCUT2D eigenvalue weighted by Gasteiger charge is -2.32. The van der Waals surface area contributed by atoms with Gasteiger partial charge in [0.05, 0.1) is 11.0 Å². The van der Waals surface area contributed by atoms with Crippen LogP contribution in [0.2, 0.25) is 0 Å². The number of amides is 2. The van der Waals surface area contributed by atoms with Crippen LogP contribution in [0.15, 0.2) is 16.8 Å². The number of nitrogens with zero attached hydrogens (tertiary/aromatic N) is 3. The topological polar surface area (TPSA) is 43.9 Å². The van der Waals surface area contributed by atoms with Crippen LogP contribution in [0, 0.1) is 11.3 Å². The third-order valence-corrected chi connectivity index (χ3v) is 6.34. The van der Waals surface area contributed by atoms with Gasteiger partial charge in [-0.3, -0.25) is 9.59 Å². The summed E-state index contributed by atoms with van der Waals surface area (Å²) in [7, 11) is 2.09. The number of carbonyl (C=O) groups is 2. The van der Waals surface area contributed by atoms with Crippen molar-refractivity contribution >= 4 is 23.2 Å². The lowest BCUT2D eigenvalue weighted by molar-refractivity contribution is -0.141. The van der Waals surface area contributed by atoms with Crippen molar-refractivity contribution in [3.8, 4) is 0 Å². The van der Waals surface area contributed by atoms with Gasteiger partial charge in [-0.15, -0.1) is 0 Å². The molecular formula is C17H23N3O2S. The SMILES string of the molecule is CN1CC2CN(C(=O)c3ccsc3)CC2(C(=O)N2CCCC2)C1. The molecule has 0 spiro atoms. The predicted octanol–water partition coefficient (Wildman–Crippen LogP) is 1.37. The third-order valence-electron chi connectivity index (χ3n) is 5.65. The Labute approximate surface area is 140 Å². The van der Waals surface area contributed by atoms with E-state index in [4.69, 9.17) is 0 Å². The summed E-state index contributed by atoms with van der Waals surface area (Å²) in [5.41, 5.74) is 0.372. The molecule has 4 rings (SSSR count). The minimum atomic E-state index is -0.384. The van der Waals surface area contributed by atoms with Crippen LogP contribution in [0.5, 0.6) is 0 Å². The maximum absolute atomic E-state index is 13.2. The summed E-state index contributed by atoms with van der Waals surface area (Å²) in [4.78, 5) is 32.1. The molecule has 0 aliphatic carbocycles. The van der Waals surface area contributed by atoms with E-state index < -0.39 is 0 Å². The number of hydrogen-bond donors (Lipinski definition) is 0. The van der Waals surface area contributed by atoms with Gasteiger partial charge in [0.2, 0.25) is 5.91 Å². The van der Waals surface area contributed by atoms with Gasteiger partial charge in [-0.2, -0.15) is 11.3 Å². The Morgan fingerprint density at radius 3 is 2.65 bits per heavy atom. The number of thiophene rings is 1. The van der Waals surface area contributed by atoms with Gasteiger partial charge in [-0.25, -0.2) is 0 Å². The van der Waals surface area contributed by atoms with Crippen LogP contribution in [0.3, 0.4) is 0 Å². The second-order valence-corrected chi connectivity index (χ2v) is 8.03. The van der Waals surface area contributed by atoms with Crippen molar-refractivity contribution in [3.63, 3.8) is 0 Å². The van der Waals surface area contributed by atoms with E-state index in [0.29, 0.717) is 13.1 Å². The summed E-state index contributed by atoms with van der Waals surface area (Å²) < 4.78 is 0. The molecule has 1 aromatic heterocycles. The Hall–Kier alpha value is -1.40. The summed E-state index contributed by atoms with van der Waals surface area (Å²) in [6, 6.07) is 1.88. The second kappa shape index (κ2) is 5.60. The minimum Gasteiger partial charge on any atom is -0.342 e. The highest BCUT2D eigenvalue weighted by Gasteiger charge is 2.58. The van der Waals surface area contributed by atoms with Gasteiger partial charge in [0.15, 0.2) is 0 Å². The number of carbonyl (C=O) groups excluding carboxylic acids is 2. The maximum Gasteiger partial charge on any atom is 0.254 e. The molecule has 0 N–H and O–H groups in total. The van der Waals surface area contributed by atoms with Crippen LogP contribution in [0.4, 0.5) is 0 Å². The zero-order chi connectivity index (χ0) is 16.0. The fraction of sp³-hybridized carbons (Fsp3) is 0.647. The second-order valence-electron chi connectivity index (χ2n) is 7.25. The standard InChI is InChI=1S/C17H23N3O2S/c1-18-8-14-9-20(15(21)13-4-7-23-10-13)12-17(14,11-18)16(22)19-5-2-3-6-19/h4,7,10,14H,2-3,5-6,8-9,11-12H2,1H3. The number of fused-ring (bicyclic) bond motifs is 1. The van der Waals surface area contributed by atoms with Crippen molar-refractivity contribution in [1.82, 2.24) is 14.7 Å². The van der Waals surface area contributed by atoms with E-state index >= 15 is 0 Å². The van der Waals surface area contributed by atoms with Crippen molar-refractivity contribution in [2.24, 2.45) is 11.3 Å². The van der Waals surface area contributed by atoms with Gasteiger partial charge in [0.25, 0.3) is 5.91 Å². The van der Waals surface area contributed by atoms with Crippen molar-refractivity contribution in [3.05, 3.63) is 22.4 Å². The molecule has 1 aromatic rings. The summed E-state index contributed by atoms with van der Waals surface area (Å²) in [6.07, 6.45) is 2.22. The monoisotopic (exact) mass is 333 g/mol. The van der Waals surface area contributed by atoms with Gasteiger partial charge < -0.3 is 14.7 Å². The molecule has 0 saturated carbocycles. The molecule has 2 unspecified atom stereocenters. The first kappa shape index (κ1) is 15.1. The average Bonchev–Trinajstić information content (AvgIpc) is 3.28. The zero-order valence-corrected chi connectivity index (χ0v) is 14.3. The van der Waals surface area contributed by atoms with E-state index in [-0.39, 0.29) is 23.1 Å². The molecule has 0 bridgehead atoms. The Kier molecular flexibility index (Phi) is 3.69. The first-order chi connectivity index (χ1) is 11.1. The van der Waals surface area contributed by atoms with Crippen molar-refractivity contribution < 1.29 is 9.59 Å². The molecule has 2 atom stereocenters. The van der Waals surface area contributed by atoms with Crippen LogP contribution in [-0.4, -0.2) is 72.8 Å². The van der Waals surface area contributed by atoms with Crippen molar-refractivity contribution in [1.29, 1.82) is 0 Å². The van der Waals surface area contributed by atoms with E-state index in [1.165, 1.54) is 0 Å². The molecule has 3 aliphatic heterocycles. The highest BCUT2D eigenvalue weighted by Crippen LogP contribution is 2.44. The number of hydrogen-bond acceptors (Lipinski definition) is 4. The summed E-state index contributed by atoms with van der Waals surface area (Å²) in [5, 5.41) is 3.83. The fourth-order valence-electron chi connectivity index (χ4n) is 4.58. The maximum atomic E-state index is 13.2. The molecule has 0 radical (unpaired) electrons. The van der Waals surface area contributed by atoms with Crippen LogP contribution in [-0.2, 0) is 4.79 Å². The normalized spacial score (nSPS) is 30.9. The lowest BCUT2D eigenvalue weighted by atomic mass is 9.79. The van der Waals surface area contributed by atoms with E-state index in [1.54, 1.807) is 11.3 Å². The molecule has 5 nitrogen and oxygen atoms in total. The minimum absolute atomic E-state index is 0.0805. The van der Waals surface area contributed by atoms with Crippen molar-refractivity contribution in [2.45, 2.75) is 12.8 Å². The van der Waals surface area contributed by atoms with E-state index in [0.717, 1.165) is 44.6 Å². The average molecular weight is 333 g/mol. The lowest BCUT2D eigenvalue weighted by Crippen LogP contribution is -2.48. The Balaban J connectivity index is 1.58. The highest BCUT2D eigenvalue weighted by atomic mass is 32.1. The zero-order valence-electron chi connectivity index (χ0n) is 13.5. The largest absolute Gasteiger partial charge is 0.342 e. The van der Waals surface area contributed by atoms with Crippen LogP contribution < -0.4 is 0 Å². The Morgan fingerprint density at radius 1 is 1.17 bits per heavy atom. The van der Waals surface area contributed by atoms with Gasteiger partial charge in [-0.05, 0) is 31.3 Å². The molecule has 3 fully saturated rings. The summed E-state index contributed by atoms with van der Waals surface area (Å²) in [6.45, 7) is 4.74. The summed E-state index contributed by atoms with van der Waals surface area (Å²) in [5.74, 6) is 0.630. The fourth-order valence-corrected chi connectivity index (χ4v) is 5.21. The predicted molar refractivity (Wildman–Crippen MR) is 89.5 cm³/mol. The quantitative estimate of drug-likeness (QED) is 0.821. The van der Waals surface area contributed by atoms with Gasteiger partial charge in [0.1, 0.15) is 0 Å². The van der Waals surface area contributed by atoms with Gasteiger partial charge in [0, 0.05) is 50.6 Å². The third kappa shape index (κ3) is 2.39. The van der Waals surface area contributed by atoms with Gasteiger partial charge in [-0.1, -0.05) is 0 Å². The van der Waals surface area contributed by atoms with Crippen LogP contribution >= 0.6 is 11.3 Å².